The number of rotatable bonds is 5. The SMILES string of the molecule is c1ccc(-c2ccc(-c3ccc(C4NC(c5ccc6ccccc6c5)NC(c5ccc6ccccc6c5)N4)cc3)c3c2oc2cc4ccccc4cc23)cc1. The van der Waals surface area contributed by atoms with Crippen molar-refractivity contribution in [1.29, 1.82) is 0 Å². The Balaban J connectivity index is 1.000. The Morgan fingerprint density at radius 2 is 0.800 bits per heavy atom. The van der Waals surface area contributed by atoms with Gasteiger partial charge in [-0.05, 0) is 96.0 Å². The third kappa shape index (κ3) is 5.67. The fourth-order valence-electron chi connectivity index (χ4n) is 8.50. The van der Waals surface area contributed by atoms with E-state index >= 15 is 0 Å². The lowest BCUT2D eigenvalue weighted by atomic mass is 9.93. The fraction of sp³-hybridized carbons (Fsp3) is 0.0588. The zero-order valence-electron chi connectivity index (χ0n) is 30.0. The van der Waals surface area contributed by atoms with Crippen LogP contribution in [-0.2, 0) is 0 Å². The first kappa shape index (κ1) is 31.9. The van der Waals surface area contributed by atoms with E-state index < -0.39 is 0 Å². The van der Waals surface area contributed by atoms with Gasteiger partial charge >= 0.3 is 0 Å². The maximum absolute atomic E-state index is 6.76. The predicted molar refractivity (Wildman–Crippen MR) is 228 cm³/mol. The lowest BCUT2D eigenvalue weighted by Gasteiger charge is -2.40. The van der Waals surface area contributed by atoms with Crippen LogP contribution in [0.15, 0.2) is 192 Å². The second kappa shape index (κ2) is 13.1. The highest BCUT2D eigenvalue weighted by molar-refractivity contribution is 6.18. The first-order valence-corrected chi connectivity index (χ1v) is 19.0. The van der Waals surface area contributed by atoms with Gasteiger partial charge in [-0.3, -0.25) is 16.0 Å². The largest absolute Gasteiger partial charge is 0.455 e. The molecule has 0 amide bonds. The van der Waals surface area contributed by atoms with Gasteiger partial charge in [-0.1, -0.05) is 158 Å². The van der Waals surface area contributed by atoms with Crippen molar-refractivity contribution >= 4 is 54.3 Å². The first-order valence-electron chi connectivity index (χ1n) is 19.0. The van der Waals surface area contributed by atoms with E-state index in [1.54, 1.807) is 0 Å². The monoisotopic (exact) mass is 707 g/mol. The second-order valence-electron chi connectivity index (χ2n) is 14.7. The summed E-state index contributed by atoms with van der Waals surface area (Å²) in [5.41, 5.74) is 9.93. The van der Waals surface area contributed by atoms with Gasteiger partial charge in [0, 0.05) is 16.3 Å². The molecule has 2 atom stereocenters. The van der Waals surface area contributed by atoms with Crippen molar-refractivity contribution in [2.45, 2.75) is 18.5 Å². The number of benzene rings is 9. The average Bonchev–Trinajstić information content (AvgIpc) is 3.63. The molecule has 2 heterocycles. The van der Waals surface area contributed by atoms with E-state index in [0.29, 0.717) is 0 Å². The summed E-state index contributed by atoms with van der Waals surface area (Å²) in [6, 6.07) is 67.6. The molecule has 0 bridgehead atoms. The van der Waals surface area contributed by atoms with Crippen LogP contribution in [0.2, 0.25) is 0 Å². The molecule has 3 N–H and O–H groups in total. The molecular formula is C51H37N3O. The van der Waals surface area contributed by atoms with Crippen LogP contribution in [0.4, 0.5) is 0 Å². The molecule has 2 unspecified atom stereocenters. The molecule has 0 aliphatic carbocycles. The molecule has 11 rings (SSSR count). The van der Waals surface area contributed by atoms with Crippen LogP contribution in [0.5, 0.6) is 0 Å². The van der Waals surface area contributed by atoms with E-state index in [-0.39, 0.29) is 18.5 Å². The fourth-order valence-corrected chi connectivity index (χ4v) is 8.50. The van der Waals surface area contributed by atoms with Crippen LogP contribution < -0.4 is 16.0 Å². The highest BCUT2D eigenvalue weighted by Gasteiger charge is 2.30. The molecule has 1 aliphatic rings. The van der Waals surface area contributed by atoms with Crippen molar-refractivity contribution < 1.29 is 4.42 Å². The van der Waals surface area contributed by atoms with Gasteiger partial charge in [0.05, 0.1) is 18.5 Å². The van der Waals surface area contributed by atoms with Crippen LogP contribution in [0.25, 0.3) is 76.5 Å². The minimum atomic E-state index is -0.107. The van der Waals surface area contributed by atoms with Crippen molar-refractivity contribution in [3.8, 4) is 22.3 Å². The van der Waals surface area contributed by atoms with Crippen molar-refractivity contribution in [2.24, 2.45) is 0 Å². The van der Waals surface area contributed by atoms with Crippen LogP contribution in [0.3, 0.4) is 0 Å². The third-order valence-corrected chi connectivity index (χ3v) is 11.3. The smallest absolute Gasteiger partial charge is 0.143 e. The molecule has 1 aliphatic heterocycles. The molecule has 1 fully saturated rings. The standard InChI is InChI=1S/C51H37N3O/c1-2-12-34(13-3-1)44-27-26-43(47-45-30-39-16-8-9-17-40(39)31-46(45)55-48(44)47)35-20-22-36(23-21-35)49-52-50(41-24-18-32-10-4-6-14-37(32)28-41)54-51(53-49)42-25-19-33-11-5-7-15-38(33)29-42/h1-31,49-54H. The number of nitrogens with one attached hydrogen (secondary N) is 3. The molecule has 0 spiro atoms. The Hall–Kier alpha value is -6.56. The zero-order valence-corrected chi connectivity index (χ0v) is 30.0. The maximum atomic E-state index is 6.76. The van der Waals surface area contributed by atoms with E-state index in [0.717, 1.165) is 44.2 Å². The van der Waals surface area contributed by atoms with E-state index in [9.17, 15) is 0 Å². The Bertz CT molecular complexity index is 2950. The summed E-state index contributed by atoms with van der Waals surface area (Å²) in [7, 11) is 0. The van der Waals surface area contributed by atoms with Gasteiger partial charge in [0.2, 0.25) is 0 Å². The van der Waals surface area contributed by atoms with Gasteiger partial charge in [0.25, 0.3) is 0 Å². The Morgan fingerprint density at radius 1 is 0.345 bits per heavy atom. The zero-order chi connectivity index (χ0) is 36.3. The molecule has 0 radical (unpaired) electrons. The molecule has 4 heteroatoms. The highest BCUT2D eigenvalue weighted by atomic mass is 16.3. The summed E-state index contributed by atoms with van der Waals surface area (Å²) in [5, 5.41) is 21.3. The Labute approximate surface area is 319 Å². The summed E-state index contributed by atoms with van der Waals surface area (Å²) < 4.78 is 6.76. The van der Waals surface area contributed by atoms with Crippen LogP contribution in [0.1, 0.15) is 35.2 Å². The average molecular weight is 708 g/mol. The molecule has 9 aromatic carbocycles. The topological polar surface area (TPSA) is 49.2 Å². The van der Waals surface area contributed by atoms with Gasteiger partial charge in [-0.15, -0.1) is 0 Å². The summed E-state index contributed by atoms with van der Waals surface area (Å²) in [6.07, 6.45) is -0.265. The molecule has 55 heavy (non-hydrogen) atoms. The Kier molecular flexibility index (Phi) is 7.59. The molecule has 262 valence electrons. The van der Waals surface area contributed by atoms with Gasteiger partial charge in [-0.2, -0.15) is 0 Å². The summed E-state index contributed by atoms with van der Waals surface area (Å²) >= 11 is 0. The highest BCUT2D eigenvalue weighted by Crippen LogP contribution is 2.43. The molecule has 10 aromatic rings. The lowest BCUT2D eigenvalue weighted by molar-refractivity contribution is 0.203. The number of fused-ring (bicyclic) bond motifs is 6. The van der Waals surface area contributed by atoms with Gasteiger partial charge in [0.15, 0.2) is 0 Å². The molecule has 1 saturated heterocycles. The van der Waals surface area contributed by atoms with Crippen LogP contribution in [-0.4, -0.2) is 0 Å². The van der Waals surface area contributed by atoms with Gasteiger partial charge < -0.3 is 4.42 Å². The summed E-state index contributed by atoms with van der Waals surface area (Å²) in [4.78, 5) is 0. The van der Waals surface area contributed by atoms with E-state index in [1.807, 2.05) is 0 Å². The molecule has 4 nitrogen and oxygen atoms in total. The van der Waals surface area contributed by atoms with Crippen molar-refractivity contribution in [1.82, 2.24) is 16.0 Å². The quantitative estimate of drug-likeness (QED) is 0.167. The molecular weight excluding hydrogens is 671 g/mol. The van der Waals surface area contributed by atoms with Crippen molar-refractivity contribution in [3.63, 3.8) is 0 Å². The van der Waals surface area contributed by atoms with E-state index in [4.69, 9.17) is 4.42 Å². The van der Waals surface area contributed by atoms with E-state index in [2.05, 4.69) is 204 Å². The van der Waals surface area contributed by atoms with Gasteiger partial charge in [0.1, 0.15) is 11.2 Å². The van der Waals surface area contributed by atoms with E-state index in [1.165, 1.54) is 49.0 Å². The number of hydrogen-bond donors (Lipinski definition) is 3. The van der Waals surface area contributed by atoms with Crippen molar-refractivity contribution in [2.75, 3.05) is 0 Å². The normalized spacial score (nSPS) is 17.4. The summed E-state index contributed by atoms with van der Waals surface area (Å²) in [5.74, 6) is 0. The van der Waals surface area contributed by atoms with Gasteiger partial charge in [-0.25, -0.2) is 0 Å². The number of furan rings is 1. The third-order valence-electron chi connectivity index (χ3n) is 11.3. The minimum Gasteiger partial charge on any atom is -0.455 e. The first-order chi connectivity index (χ1) is 27.2. The van der Waals surface area contributed by atoms with Crippen molar-refractivity contribution in [3.05, 3.63) is 205 Å². The minimum absolute atomic E-state index is 0.0794. The Morgan fingerprint density at radius 3 is 1.40 bits per heavy atom. The maximum Gasteiger partial charge on any atom is 0.143 e. The second-order valence-corrected chi connectivity index (χ2v) is 14.7. The lowest BCUT2D eigenvalue weighted by Crippen LogP contribution is -2.54. The molecule has 1 aromatic heterocycles. The van der Waals surface area contributed by atoms with Crippen LogP contribution >= 0.6 is 0 Å². The van der Waals surface area contributed by atoms with Crippen LogP contribution in [0, 0.1) is 0 Å². The molecule has 0 saturated carbocycles. The predicted octanol–water partition coefficient (Wildman–Crippen LogP) is 12.6. The summed E-state index contributed by atoms with van der Waals surface area (Å²) in [6.45, 7) is 0. The number of hydrogen-bond acceptors (Lipinski definition) is 4.